The molecule has 0 aromatic heterocycles. The number of aliphatic hydroxyl groups is 1. The Balaban J connectivity index is 3.52. The minimum Gasteiger partial charge on any atom is -0.496 e. The van der Waals surface area contributed by atoms with Crippen molar-refractivity contribution >= 4 is 15.9 Å². The lowest BCUT2D eigenvalue weighted by Gasteiger charge is -2.27. The first-order valence-corrected chi connectivity index (χ1v) is 6.20. The highest BCUT2D eigenvalue weighted by atomic mass is 79.9. The van der Waals surface area contributed by atoms with Crippen LogP contribution >= 0.6 is 15.9 Å². The SMILES string of the molecule is COc1c(Br)cc(C(C)(C)CO)c(OC)c1C. The van der Waals surface area contributed by atoms with Gasteiger partial charge < -0.3 is 14.6 Å². The minimum absolute atomic E-state index is 0.0571. The van der Waals surface area contributed by atoms with Gasteiger partial charge in [0.2, 0.25) is 0 Å². The van der Waals surface area contributed by atoms with Crippen LogP contribution in [-0.4, -0.2) is 25.9 Å². The van der Waals surface area contributed by atoms with Crippen molar-refractivity contribution in [1.82, 2.24) is 0 Å². The lowest BCUT2D eigenvalue weighted by molar-refractivity contribution is 0.214. The summed E-state index contributed by atoms with van der Waals surface area (Å²) in [6.45, 7) is 5.95. The first kappa shape index (κ1) is 14.3. The van der Waals surface area contributed by atoms with Crippen molar-refractivity contribution in [1.29, 1.82) is 0 Å². The molecule has 0 fully saturated rings. The van der Waals surface area contributed by atoms with Crippen LogP contribution in [0.4, 0.5) is 0 Å². The number of rotatable bonds is 4. The van der Waals surface area contributed by atoms with E-state index in [9.17, 15) is 5.11 Å². The number of aliphatic hydroxyl groups excluding tert-OH is 1. The van der Waals surface area contributed by atoms with E-state index < -0.39 is 0 Å². The van der Waals surface area contributed by atoms with Crippen molar-refractivity contribution in [2.75, 3.05) is 20.8 Å². The topological polar surface area (TPSA) is 38.7 Å². The van der Waals surface area contributed by atoms with Gasteiger partial charge in [-0.3, -0.25) is 0 Å². The van der Waals surface area contributed by atoms with Gasteiger partial charge in [-0.1, -0.05) is 13.8 Å². The molecule has 0 bridgehead atoms. The fourth-order valence-corrected chi connectivity index (χ4v) is 2.53. The fraction of sp³-hybridized carbons (Fsp3) is 0.538. The van der Waals surface area contributed by atoms with Crippen LogP contribution in [0.25, 0.3) is 0 Å². The quantitative estimate of drug-likeness (QED) is 0.929. The Bertz CT molecular complexity index is 414. The molecule has 4 heteroatoms. The number of halogens is 1. The van der Waals surface area contributed by atoms with Crippen LogP contribution in [0, 0.1) is 6.92 Å². The van der Waals surface area contributed by atoms with Gasteiger partial charge in [0, 0.05) is 16.5 Å². The Morgan fingerprint density at radius 2 is 1.76 bits per heavy atom. The Morgan fingerprint density at radius 1 is 1.24 bits per heavy atom. The Labute approximate surface area is 111 Å². The van der Waals surface area contributed by atoms with Crippen molar-refractivity contribution in [3.05, 3.63) is 21.7 Å². The van der Waals surface area contributed by atoms with Gasteiger partial charge in [0.15, 0.2) is 0 Å². The zero-order valence-corrected chi connectivity index (χ0v) is 12.5. The van der Waals surface area contributed by atoms with Crippen molar-refractivity contribution in [2.45, 2.75) is 26.2 Å². The summed E-state index contributed by atoms with van der Waals surface area (Å²) in [7, 11) is 3.26. The van der Waals surface area contributed by atoms with Crippen LogP contribution in [0.3, 0.4) is 0 Å². The molecule has 0 spiro atoms. The highest BCUT2D eigenvalue weighted by Crippen LogP contribution is 2.42. The molecule has 0 aliphatic heterocycles. The van der Waals surface area contributed by atoms with Crippen molar-refractivity contribution < 1.29 is 14.6 Å². The average Bonchev–Trinajstić information content (AvgIpc) is 2.29. The van der Waals surface area contributed by atoms with Gasteiger partial charge in [0.25, 0.3) is 0 Å². The van der Waals surface area contributed by atoms with Gasteiger partial charge in [-0.15, -0.1) is 0 Å². The molecule has 3 nitrogen and oxygen atoms in total. The van der Waals surface area contributed by atoms with Crippen LogP contribution in [0.5, 0.6) is 11.5 Å². The monoisotopic (exact) mass is 302 g/mol. The van der Waals surface area contributed by atoms with E-state index >= 15 is 0 Å². The van der Waals surface area contributed by atoms with E-state index in [2.05, 4.69) is 15.9 Å². The third kappa shape index (κ3) is 2.58. The summed E-state index contributed by atoms with van der Waals surface area (Å²) in [4.78, 5) is 0. The normalized spacial score (nSPS) is 11.5. The molecule has 0 saturated heterocycles. The van der Waals surface area contributed by atoms with Gasteiger partial charge in [0.05, 0.1) is 25.3 Å². The van der Waals surface area contributed by atoms with Crippen LogP contribution in [0.2, 0.25) is 0 Å². The summed E-state index contributed by atoms with van der Waals surface area (Å²) in [5.74, 6) is 1.53. The summed E-state index contributed by atoms with van der Waals surface area (Å²) in [5, 5.41) is 9.47. The molecule has 0 heterocycles. The third-order valence-corrected chi connectivity index (χ3v) is 3.54. The molecule has 0 saturated carbocycles. The summed E-state index contributed by atoms with van der Waals surface area (Å²) >= 11 is 3.48. The smallest absolute Gasteiger partial charge is 0.139 e. The molecular weight excluding hydrogens is 284 g/mol. The predicted octanol–water partition coefficient (Wildman–Crippen LogP) is 3.04. The van der Waals surface area contributed by atoms with E-state index in [1.807, 2.05) is 26.8 Å². The molecule has 0 unspecified atom stereocenters. The minimum atomic E-state index is -0.356. The maximum Gasteiger partial charge on any atom is 0.139 e. The lowest BCUT2D eigenvalue weighted by Crippen LogP contribution is -2.23. The first-order chi connectivity index (χ1) is 7.88. The van der Waals surface area contributed by atoms with Gasteiger partial charge in [-0.25, -0.2) is 0 Å². The molecular formula is C13H19BrO3. The number of hydrogen-bond donors (Lipinski definition) is 1. The van der Waals surface area contributed by atoms with Crippen LogP contribution in [0.1, 0.15) is 25.0 Å². The number of benzene rings is 1. The van der Waals surface area contributed by atoms with Crippen molar-refractivity contribution in [2.24, 2.45) is 0 Å². The van der Waals surface area contributed by atoms with Crippen molar-refractivity contribution in [3.63, 3.8) is 0 Å². The van der Waals surface area contributed by atoms with Gasteiger partial charge in [0.1, 0.15) is 11.5 Å². The summed E-state index contributed by atoms with van der Waals surface area (Å²) < 4.78 is 11.7. The maximum atomic E-state index is 9.47. The average molecular weight is 303 g/mol. The molecule has 1 N–H and O–H groups in total. The highest BCUT2D eigenvalue weighted by molar-refractivity contribution is 9.10. The highest BCUT2D eigenvalue weighted by Gasteiger charge is 2.27. The second-order valence-corrected chi connectivity index (χ2v) is 5.49. The fourth-order valence-electron chi connectivity index (χ4n) is 1.84. The largest absolute Gasteiger partial charge is 0.496 e. The van der Waals surface area contributed by atoms with Crippen molar-refractivity contribution in [3.8, 4) is 11.5 Å². The zero-order chi connectivity index (χ0) is 13.2. The van der Waals surface area contributed by atoms with Crippen LogP contribution in [-0.2, 0) is 5.41 Å². The first-order valence-electron chi connectivity index (χ1n) is 5.41. The van der Waals surface area contributed by atoms with E-state index in [0.717, 1.165) is 27.1 Å². The molecule has 0 aliphatic carbocycles. The van der Waals surface area contributed by atoms with Gasteiger partial charge in [-0.05, 0) is 28.9 Å². The van der Waals surface area contributed by atoms with E-state index in [0.29, 0.717) is 0 Å². The Kier molecular flexibility index (Phi) is 4.44. The Hall–Kier alpha value is -0.740. The maximum absolute atomic E-state index is 9.47. The van der Waals surface area contributed by atoms with Crippen LogP contribution in [0.15, 0.2) is 10.5 Å². The summed E-state index contributed by atoms with van der Waals surface area (Å²) in [6.07, 6.45) is 0. The molecule has 0 atom stereocenters. The molecule has 0 amide bonds. The summed E-state index contributed by atoms with van der Waals surface area (Å²) in [6, 6.07) is 1.95. The number of methoxy groups -OCH3 is 2. The zero-order valence-electron chi connectivity index (χ0n) is 10.9. The van der Waals surface area contributed by atoms with Gasteiger partial charge >= 0.3 is 0 Å². The van der Waals surface area contributed by atoms with Gasteiger partial charge in [-0.2, -0.15) is 0 Å². The molecule has 1 aromatic carbocycles. The molecule has 1 rings (SSSR count). The summed E-state index contributed by atoms with van der Waals surface area (Å²) in [5.41, 5.74) is 1.54. The standard InChI is InChI=1S/C13H19BrO3/c1-8-11(16-4)9(13(2,3)7-15)6-10(14)12(8)17-5/h6,15H,7H2,1-5H3. The number of ether oxygens (including phenoxy) is 2. The molecule has 1 aromatic rings. The third-order valence-electron chi connectivity index (χ3n) is 2.95. The lowest BCUT2D eigenvalue weighted by atomic mass is 9.84. The molecule has 0 aliphatic rings. The molecule has 0 radical (unpaired) electrons. The second kappa shape index (κ2) is 5.27. The predicted molar refractivity (Wildman–Crippen MR) is 72.1 cm³/mol. The van der Waals surface area contributed by atoms with E-state index in [-0.39, 0.29) is 12.0 Å². The molecule has 96 valence electrons. The number of hydrogen-bond acceptors (Lipinski definition) is 3. The second-order valence-electron chi connectivity index (χ2n) is 4.64. The van der Waals surface area contributed by atoms with E-state index in [1.165, 1.54) is 0 Å². The van der Waals surface area contributed by atoms with E-state index in [1.54, 1.807) is 14.2 Å². The molecule has 17 heavy (non-hydrogen) atoms. The van der Waals surface area contributed by atoms with Crippen LogP contribution < -0.4 is 9.47 Å². The Morgan fingerprint density at radius 3 is 2.18 bits per heavy atom. The van der Waals surface area contributed by atoms with E-state index in [4.69, 9.17) is 9.47 Å².